The van der Waals surface area contributed by atoms with Crippen LogP contribution >= 0.6 is 0 Å². The maximum Gasteiger partial charge on any atom is 0.411 e. The summed E-state index contributed by atoms with van der Waals surface area (Å²) < 4.78 is 9.58. The second-order valence-corrected chi connectivity index (χ2v) is 2.73. The average Bonchev–Trinajstić information content (AvgIpc) is 2.21. The number of phenolic OH excluding ortho intramolecular Hbond substituents is 1. The number of aromatic hydroxyl groups is 1. The highest BCUT2D eigenvalue weighted by atomic mass is 16.5. The van der Waals surface area contributed by atoms with Crippen molar-refractivity contribution in [2.24, 2.45) is 0 Å². The van der Waals surface area contributed by atoms with E-state index in [-0.39, 0.29) is 5.75 Å². The lowest BCUT2D eigenvalue weighted by Gasteiger charge is -2.07. The van der Waals surface area contributed by atoms with Crippen molar-refractivity contribution in [3.63, 3.8) is 0 Å². The van der Waals surface area contributed by atoms with Gasteiger partial charge in [0.1, 0.15) is 0 Å². The number of hydrogen-bond acceptors (Lipinski definition) is 4. The summed E-state index contributed by atoms with van der Waals surface area (Å²) in [5.41, 5.74) is 0.503. The molecule has 82 valence electrons. The van der Waals surface area contributed by atoms with Crippen molar-refractivity contribution in [3.05, 3.63) is 18.2 Å². The van der Waals surface area contributed by atoms with Crippen LogP contribution < -0.4 is 10.1 Å². The van der Waals surface area contributed by atoms with E-state index in [4.69, 9.17) is 9.47 Å². The third kappa shape index (κ3) is 3.05. The Bertz CT molecular complexity index is 351. The Morgan fingerprint density at radius 1 is 1.53 bits per heavy atom. The maximum atomic E-state index is 11.1. The van der Waals surface area contributed by atoms with Crippen LogP contribution in [0.4, 0.5) is 10.5 Å². The molecule has 1 aromatic carbocycles. The summed E-state index contributed by atoms with van der Waals surface area (Å²) in [6.45, 7) is 2.03. The number of nitrogens with one attached hydrogen (secondary N) is 1. The summed E-state index contributed by atoms with van der Waals surface area (Å²) in [4.78, 5) is 11.1. The molecule has 0 aliphatic heterocycles. The van der Waals surface area contributed by atoms with Gasteiger partial charge in [-0.15, -0.1) is 0 Å². The third-order valence-corrected chi connectivity index (χ3v) is 1.70. The Morgan fingerprint density at radius 2 is 2.27 bits per heavy atom. The second kappa shape index (κ2) is 5.09. The average molecular weight is 211 g/mol. The topological polar surface area (TPSA) is 67.8 Å². The maximum absolute atomic E-state index is 11.1. The Labute approximate surface area is 87.6 Å². The van der Waals surface area contributed by atoms with E-state index in [2.05, 4.69) is 5.32 Å². The predicted octanol–water partition coefficient (Wildman–Crippen LogP) is 1.97. The first-order valence-corrected chi connectivity index (χ1v) is 4.48. The standard InChI is InChI=1S/C10H13NO4/c1-3-15-10(13)11-7-4-5-8(12)9(6-7)14-2/h4-6,12H,3H2,1-2H3,(H,11,13). The van der Waals surface area contributed by atoms with Crippen LogP contribution in [-0.2, 0) is 4.74 Å². The van der Waals surface area contributed by atoms with E-state index in [1.165, 1.54) is 19.2 Å². The van der Waals surface area contributed by atoms with Crippen LogP contribution in [0.15, 0.2) is 18.2 Å². The highest BCUT2D eigenvalue weighted by Gasteiger charge is 2.05. The van der Waals surface area contributed by atoms with E-state index in [0.29, 0.717) is 18.0 Å². The lowest BCUT2D eigenvalue weighted by molar-refractivity contribution is 0.168. The van der Waals surface area contributed by atoms with Gasteiger partial charge in [0.05, 0.1) is 13.7 Å². The van der Waals surface area contributed by atoms with Crippen LogP contribution in [0.3, 0.4) is 0 Å². The zero-order valence-electron chi connectivity index (χ0n) is 8.61. The van der Waals surface area contributed by atoms with E-state index >= 15 is 0 Å². The van der Waals surface area contributed by atoms with Crippen LogP contribution in [0.25, 0.3) is 0 Å². The minimum Gasteiger partial charge on any atom is -0.504 e. The molecular formula is C10H13NO4. The molecule has 0 aromatic heterocycles. The van der Waals surface area contributed by atoms with Crippen molar-refractivity contribution < 1.29 is 19.4 Å². The summed E-state index contributed by atoms with van der Waals surface area (Å²) in [5.74, 6) is 0.316. The quantitative estimate of drug-likeness (QED) is 0.750. The number of carbonyl (C=O) groups is 1. The zero-order chi connectivity index (χ0) is 11.3. The molecule has 0 radical (unpaired) electrons. The van der Waals surface area contributed by atoms with Crippen molar-refractivity contribution in [2.75, 3.05) is 19.0 Å². The SMILES string of the molecule is CCOC(=O)Nc1ccc(O)c(OC)c1. The van der Waals surface area contributed by atoms with Crippen molar-refractivity contribution >= 4 is 11.8 Å². The fraction of sp³-hybridized carbons (Fsp3) is 0.300. The van der Waals surface area contributed by atoms with Gasteiger partial charge in [0, 0.05) is 11.8 Å². The molecule has 1 amide bonds. The van der Waals surface area contributed by atoms with Gasteiger partial charge >= 0.3 is 6.09 Å². The molecule has 15 heavy (non-hydrogen) atoms. The highest BCUT2D eigenvalue weighted by molar-refractivity contribution is 5.85. The fourth-order valence-corrected chi connectivity index (χ4v) is 1.04. The van der Waals surface area contributed by atoms with Gasteiger partial charge in [0.25, 0.3) is 0 Å². The Kier molecular flexibility index (Phi) is 3.79. The van der Waals surface area contributed by atoms with Crippen LogP contribution in [0.5, 0.6) is 11.5 Å². The van der Waals surface area contributed by atoms with E-state index < -0.39 is 6.09 Å². The third-order valence-electron chi connectivity index (χ3n) is 1.70. The molecule has 0 aliphatic carbocycles. The van der Waals surface area contributed by atoms with Crippen molar-refractivity contribution in [2.45, 2.75) is 6.92 Å². The van der Waals surface area contributed by atoms with Gasteiger partial charge in [-0.1, -0.05) is 0 Å². The molecule has 1 rings (SSSR count). The molecule has 0 heterocycles. The van der Waals surface area contributed by atoms with Crippen LogP contribution in [0.2, 0.25) is 0 Å². The molecule has 0 fully saturated rings. The number of phenols is 1. The summed E-state index contributed by atoms with van der Waals surface area (Å²) >= 11 is 0. The van der Waals surface area contributed by atoms with Crippen LogP contribution in [-0.4, -0.2) is 24.9 Å². The molecule has 0 bridgehead atoms. The van der Waals surface area contributed by atoms with Gasteiger partial charge in [0.2, 0.25) is 0 Å². The van der Waals surface area contributed by atoms with Crippen molar-refractivity contribution in [3.8, 4) is 11.5 Å². The molecule has 0 aliphatic rings. The number of anilines is 1. The number of benzene rings is 1. The number of amides is 1. The zero-order valence-corrected chi connectivity index (χ0v) is 8.61. The molecule has 0 atom stereocenters. The van der Waals surface area contributed by atoms with Crippen LogP contribution in [0, 0.1) is 0 Å². The number of methoxy groups -OCH3 is 1. The minimum atomic E-state index is -0.537. The highest BCUT2D eigenvalue weighted by Crippen LogP contribution is 2.28. The lowest BCUT2D eigenvalue weighted by atomic mass is 10.3. The summed E-state index contributed by atoms with van der Waals surface area (Å²) in [5, 5.41) is 11.8. The van der Waals surface area contributed by atoms with E-state index in [1.54, 1.807) is 13.0 Å². The number of rotatable bonds is 3. The van der Waals surface area contributed by atoms with E-state index in [9.17, 15) is 9.90 Å². The Hall–Kier alpha value is -1.91. The molecule has 0 saturated heterocycles. The van der Waals surface area contributed by atoms with Crippen molar-refractivity contribution in [1.82, 2.24) is 0 Å². The number of carbonyl (C=O) groups excluding carboxylic acids is 1. The molecule has 0 unspecified atom stereocenters. The number of ether oxygens (including phenoxy) is 2. The molecule has 0 saturated carbocycles. The van der Waals surface area contributed by atoms with Gasteiger partial charge in [-0.3, -0.25) is 5.32 Å². The van der Waals surface area contributed by atoms with E-state index in [0.717, 1.165) is 0 Å². The fourth-order valence-electron chi connectivity index (χ4n) is 1.04. The monoisotopic (exact) mass is 211 g/mol. The smallest absolute Gasteiger partial charge is 0.411 e. The van der Waals surface area contributed by atoms with Gasteiger partial charge in [-0.05, 0) is 19.1 Å². The van der Waals surface area contributed by atoms with Gasteiger partial charge in [0.15, 0.2) is 11.5 Å². The molecule has 5 nitrogen and oxygen atoms in total. The first-order valence-electron chi connectivity index (χ1n) is 4.48. The molecule has 5 heteroatoms. The Morgan fingerprint density at radius 3 is 2.87 bits per heavy atom. The Balaban J connectivity index is 2.74. The van der Waals surface area contributed by atoms with Crippen LogP contribution in [0.1, 0.15) is 6.92 Å². The first-order chi connectivity index (χ1) is 7.17. The lowest BCUT2D eigenvalue weighted by Crippen LogP contribution is -2.13. The van der Waals surface area contributed by atoms with Gasteiger partial charge in [-0.2, -0.15) is 0 Å². The minimum absolute atomic E-state index is 0.0203. The molecule has 0 spiro atoms. The second-order valence-electron chi connectivity index (χ2n) is 2.73. The largest absolute Gasteiger partial charge is 0.504 e. The van der Waals surface area contributed by atoms with Gasteiger partial charge in [-0.25, -0.2) is 4.79 Å². The number of hydrogen-bond donors (Lipinski definition) is 2. The van der Waals surface area contributed by atoms with E-state index in [1.807, 2.05) is 0 Å². The normalized spacial score (nSPS) is 9.47. The van der Waals surface area contributed by atoms with Crippen molar-refractivity contribution in [1.29, 1.82) is 0 Å². The summed E-state index contributed by atoms with van der Waals surface area (Å²) in [7, 11) is 1.43. The molecule has 2 N–H and O–H groups in total. The van der Waals surface area contributed by atoms with Gasteiger partial charge < -0.3 is 14.6 Å². The predicted molar refractivity (Wildman–Crippen MR) is 55.3 cm³/mol. The molecule has 1 aromatic rings. The summed E-state index contributed by atoms with van der Waals surface area (Å²) in [6.07, 6.45) is -0.537. The summed E-state index contributed by atoms with van der Waals surface area (Å²) in [6, 6.07) is 4.49. The first kappa shape index (κ1) is 11.2. The molecular weight excluding hydrogens is 198 g/mol.